The average Bonchev–Trinajstić information content (AvgIpc) is 4.02. The van der Waals surface area contributed by atoms with Crippen LogP contribution in [0, 0.1) is 34.0 Å². The molecular weight excluding hydrogens is 777 g/mol. The van der Waals surface area contributed by atoms with E-state index in [-0.39, 0.29) is 0 Å². The zero-order valence-corrected chi connectivity index (χ0v) is 33.2. The molecule has 0 aliphatic heterocycles. The normalized spacial score (nSPS) is 11.4. The van der Waals surface area contributed by atoms with E-state index >= 15 is 0 Å². The van der Waals surface area contributed by atoms with Gasteiger partial charge in [0.1, 0.15) is 23.3 Å². The highest BCUT2D eigenvalue weighted by Crippen LogP contribution is 2.45. The molecule has 0 saturated carbocycles. The fourth-order valence-electron chi connectivity index (χ4n) is 9.02. The van der Waals surface area contributed by atoms with E-state index in [2.05, 4.69) is 100 Å². The van der Waals surface area contributed by atoms with E-state index in [1.54, 1.807) is 24.3 Å². The van der Waals surface area contributed by atoms with Gasteiger partial charge in [0.05, 0.1) is 55.6 Å². The van der Waals surface area contributed by atoms with Crippen LogP contribution in [0.5, 0.6) is 0 Å². The zero-order chi connectivity index (χ0) is 42.2. The lowest BCUT2D eigenvalue weighted by Crippen LogP contribution is -2.00. The number of hydrogen-bond acceptors (Lipinski definition) is 7. The molecule has 0 aliphatic rings. The van der Waals surface area contributed by atoms with Crippen molar-refractivity contribution in [1.82, 2.24) is 24.1 Å². The molecule has 0 radical (unpaired) electrons. The smallest absolute Gasteiger partial charge is 0.164 e. The van der Waals surface area contributed by atoms with E-state index in [4.69, 9.17) is 19.4 Å². The van der Waals surface area contributed by atoms with E-state index in [9.17, 15) is 15.8 Å². The topological polar surface area (TPSA) is 133 Å². The van der Waals surface area contributed by atoms with E-state index in [1.165, 1.54) is 0 Å². The van der Waals surface area contributed by atoms with Crippen molar-refractivity contribution in [2.24, 2.45) is 0 Å². The Morgan fingerprint density at radius 2 is 0.857 bits per heavy atom. The zero-order valence-electron chi connectivity index (χ0n) is 33.2. The van der Waals surface area contributed by atoms with Gasteiger partial charge in [0.15, 0.2) is 17.5 Å². The van der Waals surface area contributed by atoms with Gasteiger partial charge < -0.3 is 13.6 Å². The molecule has 8 aromatic carbocycles. The van der Waals surface area contributed by atoms with Crippen molar-refractivity contribution >= 4 is 65.6 Å². The van der Waals surface area contributed by atoms with Crippen LogP contribution in [0.1, 0.15) is 16.7 Å². The molecule has 12 rings (SSSR count). The SMILES string of the molecule is N#Cc1ccc(-c2nc(-c3ccccc3)nc(-c3ccc(-n4c5ccccc5c5c6oc7c(ccc8c7c7ccccc7n8-c7ccc(C#N)c(C#N)c7)c6ccc54)cc3)n2)cc1. The van der Waals surface area contributed by atoms with Crippen molar-refractivity contribution in [3.63, 3.8) is 0 Å². The fraction of sp³-hybridized carbons (Fsp3) is 0. The molecule has 9 nitrogen and oxygen atoms in total. The summed E-state index contributed by atoms with van der Waals surface area (Å²) in [6, 6.07) is 62.5. The highest BCUT2D eigenvalue weighted by molar-refractivity contribution is 6.29. The Bertz CT molecular complexity index is 3990. The molecule has 4 heterocycles. The maximum Gasteiger partial charge on any atom is 0.164 e. The molecule has 9 heteroatoms. The number of nitrogens with zero attached hydrogens (tertiary/aromatic N) is 8. The first kappa shape index (κ1) is 35.6. The van der Waals surface area contributed by atoms with Crippen molar-refractivity contribution in [3.05, 3.63) is 187 Å². The molecule has 63 heavy (non-hydrogen) atoms. The third kappa shape index (κ3) is 5.43. The molecule has 0 saturated heterocycles. The number of para-hydroxylation sites is 2. The minimum absolute atomic E-state index is 0.330. The molecule has 0 N–H and O–H groups in total. The van der Waals surface area contributed by atoms with Gasteiger partial charge in [0.2, 0.25) is 0 Å². The van der Waals surface area contributed by atoms with Crippen LogP contribution in [-0.4, -0.2) is 24.1 Å². The van der Waals surface area contributed by atoms with Gasteiger partial charge in [-0.1, -0.05) is 66.7 Å². The van der Waals surface area contributed by atoms with Crippen LogP contribution in [0.2, 0.25) is 0 Å². The second-order valence-corrected chi connectivity index (χ2v) is 15.3. The maximum atomic E-state index is 9.88. The van der Waals surface area contributed by atoms with Gasteiger partial charge in [-0.3, -0.25) is 0 Å². The van der Waals surface area contributed by atoms with Gasteiger partial charge in [0, 0.05) is 49.6 Å². The van der Waals surface area contributed by atoms with Crippen LogP contribution in [0.4, 0.5) is 0 Å². The summed E-state index contributed by atoms with van der Waals surface area (Å²) in [5.74, 6) is 1.62. The highest BCUT2D eigenvalue weighted by atomic mass is 16.3. The number of nitriles is 3. The largest absolute Gasteiger partial charge is 0.455 e. The Kier molecular flexibility index (Phi) is 7.83. The van der Waals surface area contributed by atoms with Gasteiger partial charge in [-0.05, 0) is 103 Å². The molecule has 0 amide bonds. The Balaban J connectivity index is 1.02. The summed E-state index contributed by atoms with van der Waals surface area (Å²) in [5, 5.41) is 35.0. The number of furan rings is 1. The molecule has 0 unspecified atom stereocenters. The number of rotatable bonds is 5. The van der Waals surface area contributed by atoms with Gasteiger partial charge in [-0.2, -0.15) is 15.8 Å². The van der Waals surface area contributed by atoms with Crippen molar-refractivity contribution in [3.8, 4) is 63.7 Å². The molecule has 0 spiro atoms. The molecule has 0 atom stereocenters. The first-order valence-electron chi connectivity index (χ1n) is 20.3. The minimum atomic E-state index is 0.330. The quantitative estimate of drug-likeness (QED) is 0.169. The van der Waals surface area contributed by atoms with Gasteiger partial charge in [0.25, 0.3) is 0 Å². The molecule has 4 aromatic heterocycles. The predicted molar refractivity (Wildman–Crippen MR) is 246 cm³/mol. The van der Waals surface area contributed by atoms with Crippen LogP contribution < -0.4 is 0 Å². The lowest BCUT2D eigenvalue weighted by atomic mass is 10.1. The lowest BCUT2D eigenvalue weighted by molar-refractivity contribution is 0.677. The summed E-state index contributed by atoms with van der Waals surface area (Å²) < 4.78 is 11.5. The van der Waals surface area contributed by atoms with E-state index in [1.807, 2.05) is 72.8 Å². The van der Waals surface area contributed by atoms with Gasteiger partial charge in [-0.15, -0.1) is 0 Å². The molecule has 290 valence electrons. The predicted octanol–water partition coefficient (Wildman–Crippen LogP) is 12.6. The number of aromatic nitrogens is 5. The second-order valence-electron chi connectivity index (χ2n) is 15.3. The summed E-state index contributed by atoms with van der Waals surface area (Å²) in [5.41, 5.74) is 11.0. The summed E-state index contributed by atoms with van der Waals surface area (Å²) in [6.45, 7) is 0. The summed E-state index contributed by atoms with van der Waals surface area (Å²) in [6.07, 6.45) is 0. The highest BCUT2D eigenvalue weighted by Gasteiger charge is 2.23. The molecule has 0 aliphatic carbocycles. The molecule has 0 fully saturated rings. The third-order valence-corrected chi connectivity index (χ3v) is 11.9. The molecule has 0 bridgehead atoms. The number of fused-ring (bicyclic) bond motifs is 11. The van der Waals surface area contributed by atoms with Crippen LogP contribution in [-0.2, 0) is 0 Å². The van der Waals surface area contributed by atoms with Crippen LogP contribution >= 0.6 is 0 Å². The Morgan fingerprint density at radius 1 is 0.381 bits per heavy atom. The van der Waals surface area contributed by atoms with E-state index in [0.29, 0.717) is 34.2 Å². The monoisotopic (exact) mass is 804 g/mol. The second kappa shape index (κ2) is 13.9. The van der Waals surface area contributed by atoms with Crippen molar-refractivity contribution in [1.29, 1.82) is 15.8 Å². The van der Waals surface area contributed by atoms with Crippen LogP contribution in [0.3, 0.4) is 0 Å². The number of hydrogen-bond donors (Lipinski definition) is 0. The first-order valence-corrected chi connectivity index (χ1v) is 20.3. The third-order valence-electron chi connectivity index (χ3n) is 11.9. The van der Waals surface area contributed by atoms with Crippen LogP contribution in [0.15, 0.2) is 174 Å². The van der Waals surface area contributed by atoms with Gasteiger partial charge in [-0.25, -0.2) is 15.0 Å². The Hall–Kier alpha value is -9.36. The Labute approximate surface area is 358 Å². The fourth-order valence-corrected chi connectivity index (χ4v) is 9.02. The maximum absolute atomic E-state index is 9.88. The average molecular weight is 805 g/mol. The van der Waals surface area contributed by atoms with E-state index < -0.39 is 0 Å². The van der Waals surface area contributed by atoms with Crippen molar-refractivity contribution < 1.29 is 4.42 Å². The van der Waals surface area contributed by atoms with Crippen LogP contribution in [0.25, 0.3) is 111 Å². The van der Waals surface area contributed by atoms with Crippen molar-refractivity contribution in [2.45, 2.75) is 0 Å². The standard InChI is InChI=1S/C54H28N8O/c55-29-32-14-16-34(17-15-32)53-58-52(33-8-2-1-3-9-33)59-54(60-53)35-18-21-38(22-19-35)61-44-12-6-4-10-42(44)48-46(61)26-24-40-41-25-27-47-49(51(41)63-50(40)48)43-11-5-7-13-45(43)62(47)39-23-20-36(30-56)37(28-39)31-57/h1-28H. The van der Waals surface area contributed by atoms with Crippen molar-refractivity contribution in [2.75, 3.05) is 0 Å². The molecular formula is C54H28N8O. The minimum Gasteiger partial charge on any atom is -0.455 e. The van der Waals surface area contributed by atoms with Gasteiger partial charge >= 0.3 is 0 Å². The Morgan fingerprint density at radius 3 is 1.40 bits per heavy atom. The summed E-state index contributed by atoms with van der Waals surface area (Å²) in [7, 11) is 0. The lowest BCUT2D eigenvalue weighted by Gasteiger charge is -2.11. The summed E-state index contributed by atoms with van der Waals surface area (Å²) in [4.78, 5) is 14.7. The molecule has 12 aromatic rings. The number of benzene rings is 8. The van der Waals surface area contributed by atoms with E-state index in [0.717, 1.165) is 93.6 Å². The first-order chi connectivity index (χ1) is 31.1. The summed E-state index contributed by atoms with van der Waals surface area (Å²) >= 11 is 0.